The highest BCUT2D eigenvalue weighted by atomic mass is 13.5. The average Bonchev–Trinajstić information content (AvgIpc) is 2.88. The van der Waals surface area contributed by atoms with Crippen molar-refractivity contribution in [2.75, 3.05) is 0 Å². The van der Waals surface area contributed by atoms with E-state index in [9.17, 15) is 0 Å². The molecule has 0 amide bonds. The summed E-state index contributed by atoms with van der Waals surface area (Å²) in [4.78, 5) is 0. The molecule has 0 atom stereocenters. The average molecular weight is 562 g/mol. The van der Waals surface area contributed by atoms with Crippen molar-refractivity contribution in [3.63, 3.8) is 0 Å². The SMILES string of the molecule is [B]B([B])B(B([B])[B])B(B(B([B])[B])B([B])[B])B(B(B(B([B])[B])B([B])[B])B(B([B])[B])B([B])C)B(B(B([B])[B])B([B])[B])B(B([B])[B])B(B(C)C)B(C)C. The summed E-state index contributed by atoms with van der Waals surface area (Å²) in [7, 11) is 138. The first-order valence-electron chi connectivity index (χ1n) is 17.6. The van der Waals surface area contributed by atoms with Gasteiger partial charge in [0.05, 0.1) is 13.2 Å². The van der Waals surface area contributed by atoms with Crippen molar-refractivity contribution in [2.24, 2.45) is 0 Å². The molecule has 0 N–H and O–H groups in total. The van der Waals surface area contributed by atoms with Crippen LogP contribution in [0.2, 0.25) is 34.1 Å². The molecule has 0 nitrogen and oxygen atoms in total. The van der Waals surface area contributed by atoms with Gasteiger partial charge in [0, 0.05) is 303 Å². The molecule has 42 radical (unpaired) electrons. The summed E-state index contributed by atoms with van der Waals surface area (Å²) in [6, 6.07) is 0. The van der Waals surface area contributed by atoms with Gasteiger partial charge in [-0.05, 0) is 0 Å². The highest BCUT2D eigenvalue weighted by Gasteiger charge is 2.60. The maximum atomic E-state index is 6.82. The second kappa shape index (κ2) is 24.0. The Balaban J connectivity index is 9.52. The lowest BCUT2D eigenvalue weighted by molar-refractivity contribution is 2.05. The number of hydrogen-bond acceptors (Lipinski definition) is 0. The molecule has 0 aliphatic heterocycles. The Morgan fingerprint density at radius 2 is 0.340 bits per heavy atom. The van der Waals surface area contributed by atoms with Gasteiger partial charge in [-0.2, -0.15) is 0 Å². The highest BCUT2D eigenvalue weighted by molar-refractivity contribution is 8.34. The Labute approximate surface area is 347 Å². The Bertz CT molecular complexity index is 754. The molecule has 0 aromatic carbocycles. The molecule has 0 fully saturated rings. The van der Waals surface area contributed by atoms with Crippen LogP contribution in [0.15, 0.2) is 0 Å². The molecule has 0 bridgehead atoms. The summed E-state index contributed by atoms with van der Waals surface area (Å²) in [5.41, 5.74) is 0. The molecule has 0 saturated heterocycles. The smallest absolute Gasteiger partial charge is 0.0850 e. The third kappa shape index (κ3) is 14.1. The van der Waals surface area contributed by atoms with Gasteiger partial charge in [0.25, 0.3) is 0 Å². The monoisotopic (exact) mass is 571 g/mol. The first-order chi connectivity index (χ1) is 22.7. The van der Waals surface area contributed by atoms with E-state index in [0.717, 1.165) is 0 Å². The maximum Gasteiger partial charge on any atom is 0.0850 e. The maximum absolute atomic E-state index is 6.82. The largest absolute Gasteiger partial charge is 0.101 e. The van der Waals surface area contributed by atoms with E-state index in [2.05, 4.69) is 0 Å². The fourth-order valence-electron chi connectivity index (χ4n) is 9.54. The molecule has 0 aliphatic carbocycles. The van der Waals surface area contributed by atoms with Crippen LogP contribution in [0.3, 0.4) is 0 Å². The van der Waals surface area contributed by atoms with Crippen molar-refractivity contribution in [2.45, 2.75) is 34.1 Å². The molecule has 170 valence electrons. The Morgan fingerprint density at radius 1 is 0.180 bits per heavy atom. The highest BCUT2D eigenvalue weighted by Crippen LogP contribution is 2.22. The third-order valence-corrected chi connectivity index (χ3v) is 11.0. The van der Waals surface area contributed by atoms with Crippen molar-refractivity contribution in [1.29, 1.82) is 0 Å². The second-order valence-corrected chi connectivity index (χ2v) is 15.5. The van der Waals surface area contributed by atoms with E-state index < -0.39 is 134 Å². The Morgan fingerprint density at radius 3 is 0.500 bits per heavy atom. The minimum Gasteiger partial charge on any atom is -0.101 e. The van der Waals surface area contributed by atoms with Gasteiger partial charge in [-0.15, -0.1) is 6.82 Å². The summed E-state index contributed by atoms with van der Waals surface area (Å²) >= 11 is 0. The first kappa shape index (κ1) is 52.9. The Kier molecular flexibility index (Phi) is 25.4. The lowest BCUT2D eigenvalue weighted by atomic mass is 8.25. The summed E-state index contributed by atoms with van der Waals surface area (Å²) < 4.78 is 0. The Hall–Kier alpha value is 2.92. The van der Waals surface area contributed by atoms with Gasteiger partial charge < -0.3 is 0 Å². The molecule has 0 saturated carbocycles. The van der Waals surface area contributed by atoms with Gasteiger partial charge in [0.1, 0.15) is 0 Å². The predicted octanol–water partition coefficient (Wildman–Crippen LogP) is -14.2. The molecule has 0 rings (SSSR count). The van der Waals surface area contributed by atoms with E-state index in [1.54, 1.807) is 6.82 Å². The van der Waals surface area contributed by atoms with E-state index in [1.807, 2.05) is 27.3 Å². The topological polar surface area (TPSA) is 0 Å². The van der Waals surface area contributed by atoms with Crippen molar-refractivity contribution < 1.29 is 0 Å². The first-order valence-corrected chi connectivity index (χ1v) is 17.6. The molecule has 0 unspecified atom stereocenters. The fraction of sp³-hybridized carbons (Fsp3) is 1.00. The quantitative estimate of drug-likeness (QED) is 0.109. The van der Waals surface area contributed by atoms with Crippen molar-refractivity contribution in [3.8, 4) is 0 Å². The number of hydrogen-bond donors (Lipinski definition) is 0. The van der Waals surface area contributed by atoms with Crippen LogP contribution in [0, 0.1) is 0 Å². The molecule has 0 aliphatic rings. The standard InChI is InChI=1S/C5H15B45/c1-27(2)40(28(3)4)46(39(25)26)49(45(37(21)22)38(23)24)50(47(41(29(5)6)30(7)8)42(31(9)10)32(11)12)48(43(33(13)14)34(15)16)44(35(17)18)36(19)20/h1-5H3. The molecule has 0 heterocycles. The van der Waals surface area contributed by atoms with Crippen molar-refractivity contribution in [3.05, 3.63) is 0 Å². The van der Waals surface area contributed by atoms with E-state index in [4.69, 9.17) is 162 Å². The normalized spacial score (nSPS) is 9.78. The van der Waals surface area contributed by atoms with Gasteiger partial charge in [0.2, 0.25) is 0 Å². The van der Waals surface area contributed by atoms with Gasteiger partial charge in [-0.1, -0.05) is 27.3 Å². The summed E-state index contributed by atoms with van der Waals surface area (Å²) in [6.07, 6.45) is -21.5. The molecule has 0 aromatic heterocycles. The van der Waals surface area contributed by atoms with Crippen LogP contribution in [0.1, 0.15) is 0 Å². The zero-order valence-electron chi connectivity index (χ0n) is 31.0. The van der Waals surface area contributed by atoms with E-state index in [1.165, 1.54) is 0 Å². The lowest BCUT2D eigenvalue weighted by Gasteiger charge is -2.56. The van der Waals surface area contributed by atoms with Gasteiger partial charge in [-0.25, -0.2) is 0 Å². The minimum atomic E-state index is -1.21. The van der Waals surface area contributed by atoms with Crippen molar-refractivity contribution >= 4 is 316 Å². The molecule has 50 heavy (non-hydrogen) atoms. The van der Waals surface area contributed by atoms with E-state index in [0.29, 0.717) is 0 Å². The van der Waals surface area contributed by atoms with E-state index in [-0.39, 0.29) is 19.6 Å². The molecule has 0 aromatic rings. The predicted molar refractivity (Wildman–Crippen MR) is 288 cm³/mol. The van der Waals surface area contributed by atoms with Crippen LogP contribution >= 0.6 is 0 Å². The summed E-state index contributed by atoms with van der Waals surface area (Å²) in [6.45, 7) is 9.10. The van der Waals surface area contributed by atoms with Crippen LogP contribution in [0.4, 0.5) is 0 Å². The van der Waals surface area contributed by atoms with Crippen molar-refractivity contribution in [1.82, 2.24) is 0 Å². The van der Waals surface area contributed by atoms with Crippen LogP contribution in [-0.4, -0.2) is 316 Å². The summed E-state index contributed by atoms with van der Waals surface area (Å²) in [5, 5.41) is 0. The van der Waals surface area contributed by atoms with Gasteiger partial charge in [0.15, 0.2) is 0 Å². The zero-order valence-corrected chi connectivity index (χ0v) is 31.0. The molecule has 0 spiro atoms. The fourth-order valence-corrected chi connectivity index (χ4v) is 9.54. The van der Waals surface area contributed by atoms with Crippen LogP contribution in [0.25, 0.3) is 0 Å². The molecular weight excluding hydrogens is 547 g/mol. The minimum absolute atomic E-state index is 0.0164. The van der Waals surface area contributed by atoms with Gasteiger partial charge in [-0.3, -0.25) is 0 Å². The van der Waals surface area contributed by atoms with E-state index >= 15 is 0 Å². The lowest BCUT2D eigenvalue weighted by Crippen LogP contribution is -2.94. The second-order valence-electron chi connectivity index (χ2n) is 15.5. The zero-order chi connectivity index (χ0) is 39.9. The number of rotatable bonds is 23. The van der Waals surface area contributed by atoms with Crippen LogP contribution < -0.4 is 0 Å². The van der Waals surface area contributed by atoms with Crippen LogP contribution in [0.5, 0.6) is 0 Å². The summed E-state index contributed by atoms with van der Waals surface area (Å²) in [5.74, 6) is 0. The van der Waals surface area contributed by atoms with Crippen LogP contribution in [-0.2, 0) is 0 Å². The van der Waals surface area contributed by atoms with Gasteiger partial charge >= 0.3 is 0 Å². The molecular formula is C5H15B45. The molecule has 45 heteroatoms. The third-order valence-electron chi connectivity index (χ3n) is 11.0.